The lowest BCUT2D eigenvalue weighted by Crippen LogP contribution is -2.22. The molecular weight excluding hydrogens is 331 g/mol. The first-order valence-electron chi connectivity index (χ1n) is 8.25. The van der Waals surface area contributed by atoms with Gasteiger partial charge >= 0.3 is 0 Å². The van der Waals surface area contributed by atoms with E-state index in [-0.39, 0.29) is 11.7 Å². The molecule has 0 aliphatic carbocycles. The molecule has 0 spiro atoms. The SMILES string of the molecule is O=C1c2ccccc2CN1c1ccc2nc(-c3ccc(F)cc3)oc2c1. The zero-order valence-electron chi connectivity index (χ0n) is 13.6. The second-order valence-electron chi connectivity index (χ2n) is 6.23. The molecule has 1 aromatic heterocycles. The molecule has 1 amide bonds. The van der Waals surface area contributed by atoms with E-state index in [0.717, 1.165) is 16.8 Å². The van der Waals surface area contributed by atoms with Gasteiger partial charge in [-0.05, 0) is 48.0 Å². The number of carbonyl (C=O) groups is 1. The molecule has 5 rings (SSSR count). The van der Waals surface area contributed by atoms with Gasteiger partial charge in [-0.1, -0.05) is 18.2 Å². The van der Waals surface area contributed by atoms with E-state index < -0.39 is 0 Å². The van der Waals surface area contributed by atoms with Crippen molar-refractivity contribution in [1.82, 2.24) is 4.98 Å². The first-order valence-corrected chi connectivity index (χ1v) is 8.25. The highest BCUT2D eigenvalue weighted by atomic mass is 19.1. The Bertz CT molecular complexity index is 1150. The van der Waals surface area contributed by atoms with Crippen molar-refractivity contribution in [2.45, 2.75) is 6.54 Å². The summed E-state index contributed by atoms with van der Waals surface area (Å²) in [6, 6.07) is 19.1. The number of benzene rings is 3. The highest BCUT2D eigenvalue weighted by Crippen LogP contribution is 2.32. The summed E-state index contributed by atoms with van der Waals surface area (Å²) >= 11 is 0. The molecule has 0 saturated carbocycles. The maximum atomic E-state index is 13.1. The Morgan fingerprint density at radius 1 is 1.00 bits per heavy atom. The molecule has 0 unspecified atom stereocenters. The van der Waals surface area contributed by atoms with Crippen LogP contribution in [0.3, 0.4) is 0 Å². The maximum absolute atomic E-state index is 13.1. The van der Waals surface area contributed by atoms with Crippen LogP contribution in [0.15, 0.2) is 71.1 Å². The molecule has 2 heterocycles. The van der Waals surface area contributed by atoms with Crippen molar-refractivity contribution in [1.29, 1.82) is 0 Å². The van der Waals surface area contributed by atoms with Crippen molar-refractivity contribution in [3.63, 3.8) is 0 Å². The summed E-state index contributed by atoms with van der Waals surface area (Å²) in [5.74, 6) is 0.102. The normalized spacial score (nSPS) is 13.4. The van der Waals surface area contributed by atoms with Crippen LogP contribution in [-0.4, -0.2) is 10.9 Å². The zero-order chi connectivity index (χ0) is 17.7. The molecule has 0 atom stereocenters. The van der Waals surface area contributed by atoms with E-state index in [1.807, 2.05) is 42.5 Å². The third-order valence-electron chi connectivity index (χ3n) is 4.60. The first-order chi connectivity index (χ1) is 12.7. The van der Waals surface area contributed by atoms with Crippen LogP contribution in [0.2, 0.25) is 0 Å². The van der Waals surface area contributed by atoms with E-state index in [2.05, 4.69) is 4.98 Å². The van der Waals surface area contributed by atoms with E-state index in [9.17, 15) is 9.18 Å². The molecule has 5 heteroatoms. The number of nitrogens with zero attached hydrogens (tertiary/aromatic N) is 2. The predicted octanol–water partition coefficient (Wildman–Crippen LogP) is 4.79. The van der Waals surface area contributed by atoms with Crippen LogP contribution in [0.4, 0.5) is 10.1 Å². The van der Waals surface area contributed by atoms with Gasteiger partial charge in [0.1, 0.15) is 11.3 Å². The summed E-state index contributed by atoms with van der Waals surface area (Å²) in [5.41, 5.74) is 4.50. The topological polar surface area (TPSA) is 46.3 Å². The molecule has 1 aliphatic rings. The predicted molar refractivity (Wildman–Crippen MR) is 96.4 cm³/mol. The summed E-state index contributed by atoms with van der Waals surface area (Å²) in [6.45, 7) is 0.541. The Balaban J connectivity index is 1.53. The molecule has 26 heavy (non-hydrogen) atoms. The van der Waals surface area contributed by atoms with Crippen LogP contribution in [0.5, 0.6) is 0 Å². The van der Waals surface area contributed by atoms with Crippen molar-refractivity contribution in [3.05, 3.63) is 83.7 Å². The van der Waals surface area contributed by atoms with E-state index >= 15 is 0 Å². The van der Waals surface area contributed by atoms with Gasteiger partial charge in [-0.25, -0.2) is 9.37 Å². The second kappa shape index (κ2) is 5.52. The lowest BCUT2D eigenvalue weighted by atomic mass is 10.1. The largest absolute Gasteiger partial charge is 0.436 e. The number of carbonyl (C=O) groups excluding carboxylic acids is 1. The molecular formula is C21H13FN2O2. The third kappa shape index (κ3) is 2.29. The Hall–Kier alpha value is -3.47. The van der Waals surface area contributed by atoms with Crippen molar-refractivity contribution in [2.24, 2.45) is 0 Å². The molecule has 0 N–H and O–H groups in total. The lowest BCUT2D eigenvalue weighted by molar-refractivity contribution is 0.0996. The molecule has 1 aliphatic heterocycles. The van der Waals surface area contributed by atoms with E-state index in [0.29, 0.717) is 29.1 Å². The minimum atomic E-state index is -0.306. The number of aromatic nitrogens is 1. The van der Waals surface area contributed by atoms with Gasteiger partial charge in [0.15, 0.2) is 5.58 Å². The summed E-state index contributed by atoms with van der Waals surface area (Å²) in [6.07, 6.45) is 0. The summed E-state index contributed by atoms with van der Waals surface area (Å²) < 4.78 is 18.9. The van der Waals surface area contributed by atoms with Crippen molar-refractivity contribution in [3.8, 4) is 11.5 Å². The highest BCUT2D eigenvalue weighted by Gasteiger charge is 2.28. The number of oxazole rings is 1. The summed E-state index contributed by atoms with van der Waals surface area (Å²) in [4.78, 5) is 18.8. The third-order valence-corrected chi connectivity index (χ3v) is 4.60. The number of anilines is 1. The van der Waals surface area contributed by atoms with Crippen LogP contribution in [0, 0.1) is 5.82 Å². The molecule has 3 aromatic carbocycles. The molecule has 0 bridgehead atoms. The fourth-order valence-corrected chi connectivity index (χ4v) is 3.26. The van der Waals surface area contributed by atoms with Crippen LogP contribution in [0.25, 0.3) is 22.6 Å². The smallest absolute Gasteiger partial charge is 0.258 e. The number of fused-ring (bicyclic) bond motifs is 2. The Morgan fingerprint density at radius 2 is 1.81 bits per heavy atom. The average molecular weight is 344 g/mol. The molecule has 126 valence electrons. The van der Waals surface area contributed by atoms with Crippen molar-refractivity contribution in [2.75, 3.05) is 4.90 Å². The maximum Gasteiger partial charge on any atom is 0.258 e. The fourth-order valence-electron chi connectivity index (χ4n) is 3.26. The van der Waals surface area contributed by atoms with Gasteiger partial charge in [0.05, 0.1) is 6.54 Å². The Kier molecular flexibility index (Phi) is 3.15. The van der Waals surface area contributed by atoms with Crippen LogP contribution < -0.4 is 4.90 Å². The van der Waals surface area contributed by atoms with Gasteiger partial charge in [0.25, 0.3) is 5.91 Å². The highest BCUT2D eigenvalue weighted by molar-refractivity contribution is 6.10. The number of halogens is 1. The second-order valence-corrected chi connectivity index (χ2v) is 6.23. The minimum Gasteiger partial charge on any atom is -0.436 e. The van der Waals surface area contributed by atoms with Crippen LogP contribution >= 0.6 is 0 Å². The quantitative estimate of drug-likeness (QED) is 0.525. The van der Waals surface area contributed by atoms with Crippen molar-refractivity contribution < 1.29 is 13.6 Å². The van der Waals surface area contributed by atoms with E-state index in [4.69, 9.17) is 4.42 Å². The summed E-state index contributed by atoms with van der Waals surface area (Å²) in [5, 5.41) is 0. The van der Waals surface area contributed by atoms with Gasteiger partial charge in [-0.3, -0.25) is 4.79 Å². The number of amides is 1. The molecule has 0 radical (unpaired) electrons. The molecule has 4 nitrogen and oxygen atoms in total. The van der Waals surface area contributed by atoms with Crippen LogP contribution in [-0.2, 0) is 6.54 Å². The standard InChI is InChI=1S/C21H13FN2O2/c22-15-7-5-13(6-8-15)20-23-18-10-9-16(11-19(18)26-20)24-12-14-3-1-2-4-17(14)21(24)25/h1-11H,12H2. The van der Waals surface area contributed by atoms with Gasteiger partial charge in [0, 0.05) is 22.9 Å². The molecule has 0 saturated heterocycles. The van der Waals surface area contributed by atoms with Crippen molar-refractivity contribution >= 4 is 22.7 Å². The lowest BCUT2D eigenvalue weighted by Gasteiger charge is -2.15. The zero-order valence-corrected chi connectivity index (χ0v) is 13.6. The molecule has 0 fully saturated rings. The van der Waals surface area contributed by atoms with Gasteiger partial charge in [-0.15, -0.1) is 0 Å². The minimum absolute atomic E-state index is 0.0155. The average Bonchev–Trinajstić information content (AvgIpc) is 3.23. The number of rotatable bonds is 2. The Morgan fingerprint density at radius 3 is 2.62 bits per heavy atom. The van der Waals surface area contributed by atoms with Gasteiger partial charge < -0.3 is 9.32 Å². The van der Waals surface area contributed by atoms with Gasteiger partial charge in [-0.2, -0.15) is 0 Å². The first kappa shape index (κ1) is 14.8. The fraction of sp³-hybridized carbons (Fsp3) is 0.0476. The van der Waals surface area contributed by atoms with Crippen LogP contribution in [0.1, 0.15) is 15.9 Å². The van der Waals surface area contributed by atoms with E-state index in [1.165, 1.54) is 12.1 Å². The monoisotopic (exact) mass is 344 g/mol. The van der Waals surface area contributed by atoms with Gasteiger partial charge in [0.2, 0.25) is 5.89 Å². The number of hydrogen-bond acceptors (Lipinski definition) is 3. The summed E-state index contributed by atoms with van der Waals surface area (Å²) in [7, 11) is 0. The molecule has 4 aromatic rings. The Labute approximate surface area is 148 Å². The number of hydrogen-bond donors (Lipinski definition) is 0. The van der Waals surface area contributed by atoms with E-state index in [1.54, 1.807) is 17.0 Å².